The van der Waals surface area contributed by atoms with Crippen LogP contribution in [0.15, 0.2) is 45.8 Å². The normalized spacial score (nSPS) is 11.0. The Kier molecular flexibility index (Phi) is 4.30. The fourth-order valence-electron chi connectivity index (χ4n) is 1.75. The lowest BCUT2D eigenvalue weighted by Gasteiger charge is -2.11. The molecule has 0 spiro atoms. The summed E-state index contributed by atoms with van der Waals surface area (Å²) in [5, 5.41) is 8.94. The molecule has 21 heavy (non-hydrogen) atoms. The molecule has 2 aromatic rings. The Labute approximate surface area is 130 Å². The summed E-state index contributed by atoms with van der Waals surface area (Å²) in [4.78, 5) is -0.390. The summed E-state index contributed by atoms with van der Waals surface area (Å²) < 4.78 is 41.1. The van der Waals surface area contributed by atoms with Crippen molar-refractivity contribution < 1.29 is 12.8 Å². The van der Waals surface area contributed by atoms with Gasteiger partial charge in [-0.25, -0.2) is 12.8 Å². The van der Waals surface area contributed by atoms with Crippen LogP contribution in [0.5, 0.6) is 0 Å². The summed E-state index contributed by atoms with van der Waals surface area (Å²) in [5.74, 6) is -0.872. The lowest BCUT2D eigenvalue weighted by Crippen LogP contribution is -2.15. The molecule has 0 amide bonds. The van der Waals surface area contributed by atoms with Crippen LogP contribution in [-0.2, 0) is 10.0 Å². The lowest BCUT2D eigenvalue weighted by atomic mass is 10.2. The van der Waals surface area contributed by atoms with Gasteiger partial charge in [0.1, 0.15) is 22.3 Å². The van der Waals surface area contributed by atoms with E-state index in [2.05, 4.69) is 20.7 Å². The zero-order valence-corrected chi connectivity index (χ0v) is 13.3. The number of hydrogen-bond donors (Lipinski definition) is 1. The van der Waals surface area contributed by atoms with Gasteiger partial charge < -0.3 is 0 Å². The van der Waals surface area contributed by atoms with Crippen molar-refractivity contribution in [3.63, 3.8) is 0 Å². The first-order valence-electron chi connectivity index (χ1n) is 5.83. The van der Waals surface area contributed by atoms with E-state index in [-0.39, 0.29) is 0 Å². The van der Waals surface area contributed by atoms with Gasteiger partial charge in [-0.1, -0.05) is 12.1 Å². The number of anilines is 1. The minimum Gasteiger partial charge on any atom is -0.278 e. The number of sulfonamides is 1. The lowest BCUT2D eigenvalue weighted by molar-refractivity contribution is 0.593. The van der Waals surface area contributed by atoms with Crippen LogP contribution in [-0.4, -0.2) is 8.42 Å². The molecular weight excluding hydrogens is 359 g/mol. The van der Waals surface area contributed by atoms with E-state index >= 15 is 0 Å². The third-order valence-electron chi connectivity index (χ3n) is 2.74. The molecule has 0 saturated heterocycles. The number of nitrogens with one attached hydrogen (secondary N) is 1. The smallest absolute Gasteiger partial charge is 0.263 e. The molecule has 2 aromatic carbocycles. The highest BCUT2D eigenvalue weighted by molar-refractivity contribution is 9.10. The molecule has 0 heterocycles. The van der Waals surface area contributed by atoms with Gasteiger partial charge in [0.15, 0.2) is 0 Å². The summed E-state index contributed by atoms with van der Waals surface area (Å²) in [6, 6.07) is 10.2. The Balaban J connectivity index is 2.52. The van der Waals surface area contributed by atoms with Crippen LogP contribution in [0.3, 0.4) is 0 Å². The first-order chi connectivity index (χ1) is 9.85. The highest BCUT2D eigenvalue weighted by Crippen LogP contribution is 2.27. The molecule has 0 radical (unpaired) electrons. The van der Waals surface area contributed by atoms with Gasteiger partial charge in [0.25, 0.3) is 10.0 Å². The molecule has 2 rings (SSSR count). The van der Waals surface area contributed by atoms with Gasteiger partial charge in [0, 0.05) is 4.47 Å². The summed E-state index contributed by atoms with van der Waals surface area (Å²) in [7, 11) is -4.06. The molecular formula is C14H10BrFN2O2S. The zero-order valence-electron chi connectivity index (χ0n) is 10.9. The van der Waals surface area contributed by atoms with Gasteiger partial charge in [-0.2, -0.15) is 5.26 Å². The molecule has 0 aliphatic heterocycles. The average molecular weight is 369 g/mol. The molecule has 0 unspecified atom stereocenters. The van der Waals surface area contributed by atoms with Crippen LogP contribution >= 0.6 is 15.9 Å². The van der Waals surface area contributed by atoms with Gasteiger partial charge in [-0.3, -0.25) is 4.72 Å². The Morgan fingerprint density at radius 3 is 2.67 bits per heavy atom. The first-order valence-corrected chi connectivity index (χ1v) is 8.10. The Bertz CT molecular complexity index is 845. The Hall–Kier alpha value is -1.91. The van der Waals surface area contributed by atoms with E-state index in [1.165, 1.54) is 12.1 Å². The summed E-state index contributed by atoms with van der Waals surface area (Å²) in [6.07, 6.45) is 0. The minimum atomic E-state index is -4.06. The molecule has 0 fully saturated rings. The average Bonchev–Trinajstić information content (AvgIpc) is 2.42. The van der Waals surface area contributed by atoms with Crippen molar-refractivity contribution in [3.05, 3.63) is 57.8 Å². The highest BCUT2D eigenvalue weighted by Gasteiger charge is 2.22. The van der Waals surface area contributed by atoms with Crippen LogP contribution < -0.4 is 4.72 Å². The highest BCUT2D eigenvalue weighted by atomic mass is 79.9. The van der Waals surface area contributed by atoms with Crippen molar-refractivity contribution >= 4 is 31.6 Å². The first kappa shape index (κ1) is 15.5. The molecule has 1 N–H and O–H groups in total. The van der Waals surface area contributed by atoms with Crippen LogP contribution in [0, 0.1) is 24.1 Å². The summed E-state index contributed by atoms with van der Waals surface area (Å²) in [6.45, 7) is 1.81. The predicted octanol–water partition coefficient (Wildman–Crippen LogP) is 3.57. The second-order valence-corrected chi connectivity index (χ2v) is 6.82. The van der Waals surface area contributed by atoms with Crippen molar-refractivity contribution in [2.75, 3.05) is 4.72 Å². The number of aryl methyl sites for hydroxylation is 1. The maximum absolute atomic E-state index is 13.5. The maximum Gasteiger partial charge on any atom is 0.263 e. The van der Waals surface area contributed by atoms with Crippen molar-refractivity contribution in [1.82, 2.24) is 0 Å². The number of hydrogen-bond acceptors (Lipinski definition) is 3. The molecule has 4 nitrogen and oxygen atoms in total. The molecule has 0 atom stereocenters. The monoisotopic (exact) mass is 368 g/mol. The number of halogens is 2. The van der Waals surface area contributed by atoms with Gasteiger partial charge >= 0.3 is 0 Å². The quantitative estimate of drug-likeness (QED) is 0.899. The molecule has 0 aromatic heterocycles. The van der Waals surface area contributed by atoms with E-state index in [1.807, 2.05) is 13.0 Å². The van der Waals surface area contributed by atoms with E-state index in [4.69, 9.17) is 5.26 Å². The van der Waals surface area contributed by atoms with Gasteiger partial charge in [-0.05, 0) is 52.7 Å². The summed E-state index contributed by atoms with van der Waals surface area (Å²) >= 11 is 3.24. The van der Waals surface area contributed by atoms with Crippen LogP contribution in [0.25, 0.3) is 0 Å². The number of nitrogens with zero attached hydrogens (tertiary/aromatic N) is 1. The SMILES string of the molecule is Cc1ccc(Br)c(NS(=O)(=O)c2cccc(F)c2C#N)c1. The fraction of sp³-hybridized carbons (Fsp3) is 0.0714. The van der Waals surface area contributed by atoms with E-state index < -0.39 is 26.3 Å². The summed E-state index contributed by atoms with van der Waals surface area (Å²) in [5.41, 5.74) is 0.674. The van der Waals surface area contributed by atoms with Gasteiger partial charge in [-0.15, -0.1) is 0 Å². The molecule has 0 saturated carbocycles. The second-order valence-electron chi connectivity index (χ2n) is 4.31. The van der Waals surface area contributed by atoms with E-state index in [0.717, 1.165) is 11.6 Å². The zero-order chi connectivity index (χ0) is 15.6. The van der Waals surface area contributed by atoms with Crippen LogP contribution in [0.4, 0.5) is 10.1 Å². The number of rotatable bonds is 3. The van der Waals surface area contributed by atoms with E-state index in [9.17, 15) is 12.8 Å². The Morgan fingerprint density at radius 1 is 1.29 bits per heavy atom. The number of nitriles is 1. The van der Waals surface area contributed by atoms with Crippen molar-refractivity contribution in [2.24, 2.45) is 0 Å². The third-order valence-corrected chi connectivity index (χ3v) is 4.84. The van der Waals surface area contributed by atoms with Crippen LogP contribution in [0.1, 0.15) is 11.1 Å². The van der Waals surface area contributed by atoms with Gasteiger partial charge in [0.2, 0.25) is 0 Å². The maximum atomic E-state index is 13.5. The fourth-order valence-corrected chi connectivity index (χ4v) is 3.47. The topological polar surface area (TPSA) is 70.0 Å². The second kappa shape index (κ2) is 5.84. The standard InChI is InChI=1S/C14H10BrFN2O2S/c1-9-5-6-11(15)13(7-9)18-21(19,20)14-4-2-3-12(16)10(14)8-17/h2-7,18H,1H3. The van der Waals surface area contributed by atoms with E-state index in [0.29, 0.717) is 10.2 Å². The molecule has 0 aliphatic rings. The third kappa shape index (κ3) is 3.23. The van der Waals surface area contributed by atoms with E-state index in [1.54, 1.807) is 18.2 Å². The van der Waals surface area contributed by atoms with Crippen molar-refractivity contribution in [1.29, 1.82) is 5.26 Å². The molecule has 0 aliphatic carbocycles. The van der Waals surface area contributed by atoms with Crippen molar-refractivity contribution in [3.8, 4) is 6.07 Å². The molecule has 0 bridgehead atoms. The molecule has 108 valence electrons. The number of benzene rings is 2. The Morgan fingerprint density at radius 2 is 2.00 bits per heavy atom. The minimum absolute atomic E-state index is 0.322. The van der Waals surface area contributed by atoms with Crippen molar-refractivity contribution in [2.45, 2.75) is 11.8 Å². The molecule has 7 heteroatoms. The predicted molar refractivity (Wildman–Crippen MR) is 80.8 cm³/mol. The van der Waals surface area contributed by atoms with Crippen LogP contribution in [0.2, 0.25) is 0 Å². The van der Waals surface area contributed by atoms with Gasteiger partial charge in [0.05, 0.1) is 5.69 Å². The largest absolute Gasteiger partial charge is 0.278 e.